The maximum atomic E-state index is 10.9. The molecule has 72 valence electrons. The second kappa shape index (κ2) is 5.93. The topological polar surface area (TPSA) is 72.8 Å². The second-order valence-electron chi connectivity index (χ2n) is 2.76. The van der Waals surface area contributed by atoms with Gasteiger partial charge in [0.15, 0.2) is 0 Å². The van der Waals surface area contributed by atoms with Crippen LogP contribution in [0.3, 0.4) is 0 Å². The summed E-state index contributed by atoms with van der Waals surface area (Å²) < 4.78 is 0. The van der Waals surface area contributed by atoms with Gasteiger partial charge in [-0.2, -0.15) is 0 Å². The minimum atomic E-state index is -0.792. The lowest BCUT2D eigenvalue weighted by atomic mass is 10.4. The third-order valence-corrected chi connectivity index (χ3v) is 1.37. The first kappa shape index (κ1) is 11.4. The molecule has 0 bridgehead atoms. The molecule has 1 atom stereocenters. The van der Waals surface area contributed by atoms with Gasteiger partial charge in [0, 0.05) is 20.6 Å². The second-order valence-corrected chi connectivity index (χ2v) is 2.76. The van der Waals surface area contributed by atoms with Crippen LogP contribution >= 0.6 is 0 Å². The molecule has 0 saturated heterocycles. The van der Waals surface area contributed by atoms with E-state index in [1.165, 1.54) is 4.90 Å². The Hall–Kier alpha value is -0.650. The average molecular weight is 176 g/mol. The molecule has 0 aromatic rings. The fourth-order valence-electron chi connectivity index (χ4n) is 0.568. The molecule has 0 aliphatic heterocycles. The zero-order chi connectivity index (χ0) is 9.56. The molecule has 0 spiro atoms. The van der Waals surface area contributed by atoms with Crippen molar-refractivity contribution < 1.29 is 15.0 Å². The summed E-state index contributed by atoms with van der Waals surface area (Å²) in [5.41, 5.74) is 0. The number of rotatable bonds is 5. The van der Waals surface area contributed by atoms with Crippen molar-refractivity contribution in [1.82, 2.24) is 10.2 Å². The van der Waals surface area contributed by atoms with Crippen molar-refractivity contribution in [1.29, 1.82) is 0 Å². The molecule has 1 amide bonds. The van der Waals surface area contributed by atoms with E-state index in [1.807, 2.05) is 0 Å². The molecular weight excluding hydrogens is 160 g/mol. The highest BCUT2D eigenvalue weighted by Gasteiger charge is 2.04. The van der Waals surface area contributed by atoms with Crippen molar-refractivity contribution in [3.05, 3.63) is 0 Å². The van der Waals surface area contributed by atoms with Gasteiger partial charge in [-0.05, 0) is 0 Å². The van der Waals surface area contributed by atoms with Gasteiger partial charge in [-0.1, -0.05) is 0 Å². The number of nitrogens with zero attached hydrogens (tertiary/aromatic N) is 1. The van der Waals surface area contributed by atoms with Crippen molar-refractivity contribution >= 4 is 5.91 Å². The van der Waals surface area contributed by atoms with E-state index in [9.17, 15) is 4.79 Å². The minimum absolute atomic E-state index is 0.0554. The van der Waals surface area contributed by atoms with Crippen molar-refractivity contribution in [2.45, 2.75) is 6.10 Å². The van der Waals surface area contributed by atoms with Crippen LogP contribution in [0.5, 0.6) is 0 Å². The molecule has 0 saturated carbocycles. The first-order chi connectivity index (χ1) is 5.57. The van der Waals surface area contributed by atoms with Crippen LogP contribution in [0.25, 0.3) is 0 Å². The summed E-state index contributed by atoms with van der Waals surface area (Å²) in [6, 6.07) is 0. The molecule has 0 aromatic heterocycles. The summed E-state index contributed by atoms with van der Waals surface area (Å²) in [6.45, 7) is 0.128. The van der Waals surface area contributed by atoms with Gasteiger partial charge in [0.1, 0.15) is 0 Å². The van der Waals surface area contributed by atoms with Crippen LogP contribution in [0.15, 0.2) is 0 Å². The lowest BCUT2D eigenvalue weighted by molar-refractivity contribution is -0.127. The van der Waals surface area contributed by atoms with Gasteiger partial charge in [-0.25, -0.2) is 0 Å². The van der Waals surface area contributed by atoms with E-state index in [1.54, 1.807) is 14.1 Å². The highest BCUT2D eigenvalue weighted by Crippen LogP contribution is 1.78. The first-order valence-electron chi connectivity index (χ1n) is 3.77. The van der Waals surface area contributed by atoms with Crippen molar-refractivity contribution in [2.75, 3.05) is 33.8 Å². The molecule has 0 aliphatic rings. The number of amides is 1. The number of hydrogen-bond acceptors (Lipinski definition) is 4. The standard InChI is InChI=1S/C7H16N2O3/c1-9(2)7(12)4-8-3-6(11)5-10/h6,8,10-11H,3-5H2,1-2H3/t6-/m0/s1. The molecule has 12 heavy (non-hydrogen) atoms. The molecular formula is C7H16N2O3. The van der Waals surface area contributed by atoms with Gasteiger partial charge in [0.25, 0.3) is 0 Å². The Balaban J connectivity index is 3.37. The number of likely N-dealkylation sites (N-methyl/N-ethyl adjacent to an activating group) is 1. The van der Waals surface area contributed by atoms with E-state index in [0.29, 0.717) is 0 Å². The molecule has 0 rings (SSSR count). The van der Waals surface area contributed by atoms with Crippen LogP contribution < -0.4 is 5.32 Å². The summed E-state index contributed by atoms with van der Waals surface area (Å²) >= 11 is 0. The summed E-state index contributed by atoms with van der Waals surface area (Å²) in [7, 11) is 3.32. The van der Waals surface area contributed by atoms with Gasteiger partial charge >= 0.3 is 0 Å². The van der Waals surface area contributed by atoms with Gasteiger partial charge in [-0.3, -0.25) is 4.79 Å². The van der Waals surface area contributed by atoms with Gasteiger partial charge in [0.05, 0.1) is 19.3 Å². The largest absolute Gasteiger partial charge is 0.394 e. The van der Waals surface area contributed by atoms with Crippen LogP contribution in [-0.2, 0) is 4.79 Å². The van der Waals surface area contributed by atoms with Crippen LogP contribution in [0.1, 0.15) is 0 Å². The maximum absolute atomic E-state index is 10.9. The number of carbonyl (C=O) groups excluding carboxylic acids is 1. The van der Waals surface area contributed by atoms with Crippen LogP contribution in [-0.4, -0.2) is 60.9 Å². The van der Waals surface area contributed by atoms with Gasteiger partial charge < -0.3 is 20.4 Å². The number of carbonyl (C=O) groups is 1. The Labute approximate surface area is 72.0 Å². The first-order valence-corrected chi connectivity index (χ1v) is 3.77. The molecule has 5 heteroatoms. The summed E-state index contributed by atoms with van der Waals surface area (Å²) in [4.78, 5) is 12.4. The third kappa shape index (κ3) is 5.06. The van der Waals surface area contributed by atoms with Crippen LogP contribution in [0.2, 0.25) is 0 Å². The lowest BCUT2D eigenvalue weighted by Crippen LogP contribution is -2.37. The molecule has 0 fully saturated rings. The molecule has 0 aromatic carbocycles. The maximum Gasteiger partial charge on any atom is 0.236 e. The Kier molecular flexibility index (Phi) is 5.61. The predicted molar refractivity (Wildman–Crippen MR) is 44.7 cm³/mol. The number of aliphatic hydroxyl groups excluding tert-OH is 2. The Bertz CT molecular complexity index is 139. The van der Waals surface area contributed by atoms with Gasteiger partial charge in [-0.15, -0.1) is 0 Å². The van der Waals surface area contributed by atoms with E-state index in [2.05, 4.69) is 5.32 Å². The lowest BCUT2D eigenvalue weighted by Gasteiger charge is -2.12. The molecule has 0 unspecified atom stereocenters. The van der Waals surface area contributed by atoms with Crippen molar-refractivity contribution in [3.63, 3.8) is 0 Å². The molecule has 3 N–H and O–H groups in total. The van der Waals surface area contributed by atoms with E-state index in [-0.39, 0.29) is 25.6 Å². The highest BCUT2D eigenvalue weighted by molar-refractivity contribution is 5.77. The number of hydrogen-bond donors (Lipinski definition) is 3. The van der Waals surface area contributed by atoms with E-state index in [4.69, 9.17) is 10.2 Å². The van der Waals surface area contributed by atoms with E-state index >= 15 is 0 Å². The van der Waals surface area contributed by atoms with Crippen LogP contribution in [0.4, 0.5) is 0 Å². The fraction of sp³-hybridized carbons (Fsp3) is 0.857. The number of nitrogens with one attached hydrogen (secondary N) is 1. The third-order valence-electron chi connectivity index (χ3n) is 1.37. The predicted octanol–water partition coefficient (Wildman–Crippen LogP) is -1.98. The monoisotopic (exact) mass is 176 g/mol. The fourth-order valence-corrected chi connectivity index (χ4v) is 0.568. The van der Waals surface area contributed by atoms with E-state index in [0.717, 1.165) is 0 Å². The Morgan fingerprint density at radius 1 is 1.58 bits per heavy atom. The SMILES string of the molecule is CN(C)C(=O)CNC[C@H](O)CO. The zero-order valence-electron chi connectivity index (χ0n) is 7.45. The number of aliphatic hydroxyl groups is 2. The van der Waals surface area contributed by atoms with Crippen molar-refractivity contribution in [2.24, 2.45) is 0 Å². The molecule has 0 heterocycles. The molecule has 5 nitrogen and oxygen atoms in total. The van der Waals surface area contributed by atoms with Crippen molar-refractivity contribution in [3.8, 4) is 0 Å². The smallest absolute Gasteiger partial charge is 0.236 e. The normalized spacial score (nSPS) is 12.7. The Morgan fingerprint density at radius 3 is 2.58 bits per heavy atom. The molecule has 0 aliphatic carbocycles. The summed E-state index contributed by atoms with van der Waals surface area (Å²) in [6.07, 6.45) is -0.792. The summed E-state index contributed by atoms with van der Waals surface area (Å²) in [5.74, 6) is -0.0554. The van der Waals surface area contributed by atoms with Gasteiger partial charge in [0.2, 0.25) is 5.91 Å². The van der Waals surface area contributed by atoms with Crippen LogP contribution in [0, 0.1) is 0 Å². The highest BCUT2D eigenvalue weighted by atomic mass is 16.3. The molecule has 0 radical (unpaired) electrons. The Morgan fingerprint density at radius 2 is 2.17 bits per heavy atom. The van der Waals surface area contributed by atoms with E-state index < -0.39 is 6.10 Å². The average Bonchev–Trinajstić information content (AvgIpc) is 2.03. The quantitative estimate of drug-likeness (QED) is 0.454. The minimum Gasteiger partial charge on any atom is -0.394 e. The summed E-state index contributed by atoms with van der Waals surface area (Å²) in [5, 5.41) is 20.0. The zero-order valence-corrected chi connectivity index (χ0v) is 7.45.